The van der Waals surface area contributed by atoms with Crippen LogP contribution in [0.25, 0.3) is 10.9 Å². The van der Waals surface area contributed by atoms with Gasteiger partial charge in [-0.05, 0) is 30.2 Å². The zero-order chi connectivity index (χ0) is 25.3. The molecule has 2 saturated heterocycles. The summed E-state index contributed by atoms with van der Waals surface area (Å²) in [7, 11) is 0. The van der Waals surface area contributed by atoms with Crippen LogP contribution in [0.4, 0.5) is 24.7 Å². The first-order valence-electron chi connectivity index (χ1n) is 11.8. The van der Waals surface area contributed by atoms with Gasteiger partial charge < -0.3 is 20.4 Å². The summed E-state index contributed by atoms with van der Waals surface area (Å²) < 4.78 is 49.0. The number of aromatic amines is 1. The van der Waals surface area contributed by atoms with Crippen molar-refractivity contribution in [2.24, 2.45) is 5.92 Å². The largest absolute Gasteiger partial charge is 0.408 e. The molecule has 4 heterocycles. The van der Waals surface area contributed by atoms with Crippen LogP contribution in [0.5, 0.6) is 0 Å². The molecule has 0 amide bonds. The summed E-state index contributed by atoms with van der Waals surface area (Å²) in [6.45, 7) is 2.42. The Bertz CT molecular complexity index is 1310. The molecule has 12 heteroatoms. The number of pyridine rings is 1. The summed E-state index contributed by atoms with van der Waals surface area (Å²) in [6, 6.07) is 7.97. The molecule has 2 fully saturated rings. The predicted molar refractivity (Wildman–Crippen MR) is 127 cm³/mol. The van der Waals surface area contributed by atoms with Gasteiger partial charge in [0.25, 0.3) is 5.56 Å². The lowest BCUT2D eigenvalue weighted by molar-refractivity contribution is -0.187. The Kier molecular flexibility index (Phi) is 6.70. The zero-order valence-corrected chi connectivity index (χ0v) is 19.4. The van der Waals surface area contributed by atoms with Crippen molar-refractivity contribution in [1.29, 1.82) is 5.26 Å². The Labute approximate surface area is 204 Å². The Balaban J connectivity index is 1.46. The second-order valence-corrected chi connectivity index (χ2v) is 9.00. The third kappa shape index (κ3) is 4.69. The quantitative estimate of drug-likeness (QED) is 0.493. The summed E-state index contributed by atoms with van der Waals surface area (Å²) in [5.41, 5.74) is 0.828. The van der Waals surface area contributed by atoms with E-state index >= 15 is 0 Å². The standard InChI is InChI=1S/C24H26F3N7O2/c25-24(26,27)21(33-10-8-29-9-11-33)15-1-3-17(4-2-15)31-22-20-18(5-7-30-23(20)35)34(32-22)19-14-36-12-6-16(19)13-28/h1-5,7,16,19,21,29H,6,8-12,14H2,(H,30,35)(H,31,32)/t16?,19-,21?/m0/s1. The van der Waals surface area contributed by atoms with Crippen molar-refractivity contribution < 1.29 is 17.9 Å². The van der Waals surface area contributed by atoms with Crippen molar-refractivity contribution in [2.75, 3.05) is 44.7 Å². The summed E-state index contributed by atoms with van der Waals surface area (Å²) in [5, 5.41) is 20.7. The molecule has 2 aliphatic heterocycles. The number of piperazine rings is 1. The third-order valence-corrected chi connectivity index (χ3v) is 6.75. The minimum atomic E-state index is -4.41. The molecule has 0 bridgehead atoms. The molecule has 0 radical (unpaired) electrons. The second kappa shape index (κ2) is 9.93. The smallest absolute Gasteiger partial charge is 0.379 e. The van der Waals surface area contributed by atoms with Gasteiger partial charge in [0, 0.05) is 44.7 Å². The molecular weight excluding hydrogens is 475 g/mol. The molecular formula is C24H26F3N7O2. The van der Waals surface area contributed by atoms with Gasteiger partial charge in [-0.2, -0.15) is 23.5 Å². The van der Waals surface area contributed by atoms with Crippen LogP contribution in [-0.4, -0.2) is 65.2 Å². The highest BCUT2D eigenvalue weighted by atomic mass is 19.4. The summed E-state index contributed by atoms with van der Waals surface area (Å²) in [6.07, 6.45) is -2.34. The van der Waals surface area contributed by atoms with Crippen LogP contribution in [0.15, 0.2) is 41.3 Å². The van der Waals surface area contributed by atoms with E-state index in [1.165, 1.54) is 23.2 Å². The van der Waals surface area contributed by atoms with Crippen molar-refractivity contribution in [3.05, 3.63) is 52.4 Å². The molecule has 3 atom stereocenters. The van der Waals surface area contributed by atoms with Crippen LogP contribution in [0.2, 0.25) is 0 Å². The Hall–Kier alpha value is -3.40. The van der Waals surface area contributed by atoms with Gasteiger partial charge in [0.15, 0.2) is 5.82 Å². The molecule has 2 aliphatic rings. The minimum Gasteiger partial charge on any atom is -0.379 e. The SMILES string of the molecule is N#CC1CCOC[C@@H]1n1nc(Nc2ccc(C(N3CCNCC3)C(F)(F)F)cc2)c2c(=O)[nH]ccc21. The van der Waals surface area contributed by atoms with Gasteiger partial charge in [-0.25, -0.2) is 0 Å². The molecule has 36 heavy (non-hydrogen) atoms. The lowest BCUT2D eigenvalue weighted by Gasteiger charge is -2.36. The number of nitrogens with zero attached hydrogens (tertiary/aromatic N) is 4. The molecule has 3 N–H and O–H groups in total. The van der Waals surface area contributed by atoms with Gasteiger partial charge in [-0.15, -0.1) is 0 Å². The van der Waals surface area contributed by atoms with Gasteiger partial charge in [-0.1, -0.05) is 12.1 Å². The lowest BCUT2D eigenvalue weighted by atomic mass is 9.96. The van der Waals surface area contributed by atoms with E-state index in [2.05, 4.69) is 26.8 Å². The van der Waals surface area contributed by atoms with Crippen molar-refractivity contribution in [2.45, 2.75) is 24.7 Å². The average Bonchev–Trinajstić information content (AvgIpc) is 3.24. The Morgan fingerprint density at radius 3 is 2.64 bits per heavy atom. The number of fused-ring (bicyclic) bond motifs is 1. The van der Waals surface area contributed by atoms with Crippen LogP contribution >= 0.6 is 0 Å². The Morgan fingerprint density at radius 2 is 1.94 bits per heavy atom. The van der Waals surface area contributed by atoms with Crippen molar-refractivity contribution in [3.63, 3.8) is 0 Å². The Morgan fingerprint density at radius 1 is 1.19 bits per heavy atom. The fourth-order valence-corrected chi connectivity index (χ4v) is 4.99. The van der Waals surface area contributed by atoms with Crippen LogP contribution in [0.3, 0.4) is 0 Å². The van der Waals surface area contributed by atoms with E-state index in [9.17, 15) is 23.2 Å². The van der Waals surface area contributed by atoms with Crippen molar-refractivity contribution in [3.8, 4) is 6.07 Å². The number of nitriles is 1. The number of benzene rings is 1. The van der Waals surface area contributed by atoms with E-state index in [0.717, 1.165) is 0 Å². The maximum Gasteiger partial charge on any atom is 0.408 e. The number of rotatable bonds is 5. The first-order chi connectivity index (χ1) is 17.4. The molecule has 3 aromatic rings. The number of hydrogen-bond donors (Lipinski definition) is 3. The molecule has 5 rings (SSSR count). The zero-order valence-electron chi connectivity index (χ0n) is 19.4. The van der Waals surface area contributed by atoms with Crippen LogP contribution in [0.1, 0.15) is 24.1 Å². The number of aromatic nitrogens is 3. The van der Waals surface area contributed by atoms with Crippen LogP contribution < -0.4 is 16.2 Å². The molecule has 0 spiro atoms. The molecule has 0 saturated carbocycles. The van der Waals surface area contributed by atoms with E-state index in [1.807, 2.05) is 0 Å². The number of alkyl halides is 3. The first kappa shape index (κ1) is 24.3. The second-order valence-electron chi connectivity index (χ2n) is 9.00. The fourth-order valence-electron chi connectivity index (χ4n) is 4.99. The topological polar surface area (TPSA) is 111 Å². The van der Waals surface area contributed by atoms with Crippen molar-refractivity contribution in [1.82, 2.24) is 25.0 Å². The predicted octanol–water partition coefficient (Wildman–Crippen LogP) is 3.08. The third-order valence-electron chi connectivity index (χ3n) is 6.75. The number of anilines is 2. The number of H-pyrrole nitrogens is 1. The first-order valence-corrected chi connectivity index (χ1v) is 11.8. The lowest BCUT2D eigenvalue weighted by Crippen LogP contribution is -2.49. The maximum absolute atomic E-state index is 13.9. The molecule has 2 aromatic heterocycles. The van der Waals surface area contributed by atoms with E-state index in [1.54, 1.807) is 22.9 Å². The molecule has 1 aromatic carbocycles. The molecule has 2 unspecified atom stereocenters. The molecule has 0 aliphatic carbocycles. The fraction of sp³-hybridized carbons (Fsp3) is 0.458. The van der Waals surface area contributed by atoms with Crippen molar-refractivity contribution >= 4 is 22.4 Å². The van der Waals surface area contributed by atoms with Crippen LogP contribution in [-0.2, 0) is 4.74 Å². The molecule has 190 valence electrons. The normalized spacial score (nSPS) is 22.3. The highest BCUT2D eigenvalue weighted by molar-refractivity contribution is 5.91. The average molecular weight is 502 g/mol. The molecule has 9 nitrogen and oxygen atoms in total. The van der Waals surface area contributed by atoms with Gasteiger partial charge >= 0.3 is 6.18 Å². The van der Waals surface area contributed by atoms with E-state index in [4.69, 9.17) is 4.74 Å². The van der Waals surface area contributed by atoms with E-state index in [-0.39, 0.29) is 28.9 Å². The number of nitrogens with one attached hydrogen (secondary N) is 3. The summed E-state index contributed by atoms with van der Waals surface area (Å²) >= 11 is 0. The monoisotopic (exact) mass is 501 g/mol. The maximum atomic E-state index is 13.9. The number of hydrogen-bond acceptors (Lipinski definition) is 7. The highest BCUT2D eigenvalue weighted by Gasteiger charge is 2.44. The van der Waals surface area contributed by atoms with Gasteiger partial charge in [0.05, 0.1) is 30.2 Å². The summed E-state index contributed by atoms with van der Waals surface area (Å²) in [4.78, 5) is 16.8. The number of ether oxygens (including phenoxy) is 1. The van der Waals surface area contributed by atoms with E-state index < -0.39 is 12.2 Å². The summed E-state index contributed by atoms with van der Waals surface area (Å²) in [5.74, 6) is -0.0612. The number of halogens is 3. The highest BCUT2D eigenvalue weighted by Crippen LogP contribution is 2.38. The minimum absolute atomic E-state index is 0.152. The van der Waals surface area contributed by atoms with Gasteiger partial charge in [0.1, 0.15) is 11.4 Å². The van der Waals surface area contributed by atoms with E-state index in [0.29, 0.717) is 62.4 Å². The van der Waals surface area contributed by atoms with Crippen LogP contribution in [0, 0.1) is 17.2 Å². The van der Waals surface area contributed by atoms with Gasteiger partial charge in [0.2, 0.25) is 0 Å². The van der Waals surface area contributed by atoms with Gasteiger partial charge in [-0.3, -0.25) is 14.4 Å².